The lowest BCUT2D eigenvalue weighted by Gasteiger charge is -2.12. The number of ketones is 1. The fraction of sp³-hybridized carbons (Fsp3) is 0.238. The number of thiazole rings is 2. The highest BCUT2D eigenvalue weighted by Crippen LogP contribution is 2.15. The van der Waals surface area contributed by atoms with Gasteiger partial charge in [-0.2, -0.15) is 0 Å². The van der Waals surface area contributed by atoms with Crippen molar-refractivity contribution in [2.24, 2.45) is 5.41 Å². The summed E-state index contributed by atoms with van der Waals surface area (Å²) in [5, 5.41) is 3.74. The topological polar surface area (TPSA) is 73.4 Å². The Hall–Kier alpha value is -2.62. The lowest BCUT2D eigenvalue weighted by molar-refractivity contribution is -0.120. The summed E-state index contributed by atoms with van der Waals surface area (Å²) in [7, 11) is 0. The molecule has 0 radical (unpaired) electrons. The van der Waals surface area contributed by atoms with Gasteiger partial charge in [0, 0.05) is 34.0 Å². The number of thiophene rings is 1. The molecule has 4 aromatic heterocycles. The van der Waals surface area contributed by atoms with Crippen LogP contribution in [0, 0.1) is 5.41 Å². The minimum atomic E-state index is -0.560. The average molecular weight is 458 g/mol. The van der Waals surface area contributed by atoms with Crippen molar-refractivity contribution in [1.82, 2.24) is 14.0 Å². The third-order valence-electron chi connectivity index (χ3n) is 4.42. The van der Waals surface area contributed by atoms with Crippen LogP contribution in [0.3, 0.4) is 0 Å². The fourth-order valence-corrected chi connectivity index (χ4v) is 5.26. The van der Waals surface area contributed by atoms with Crippen LogP contribution in [0.5, 0.6) is 0 Å². The molecule has 0 aliphatic carbocycles. The number of carbonyl (C=O) groups excluding carboxylic acids is 1. The van der Waals surface area contributed by atoms with Gasteiger partial charge in [-0.25, -0.2) is 4.98 Å². The number of hydrogen-bond donors (Lipinski definition) is 0. The van der Waals surface area contributed by atoms with E-state index in [0.717, 1.165) is 4.88 Å². The van der Waals surface area contributed by atoms with Crippen molar-refractivity contribution < 1.29 is 4.79 Å². The molecule has 0 aliphatic rings. The predicted molar refractivity (Wildman–Crippen MR) is 123 cm³/mol. The lowest BCUT2D eigenvalue weighted by Crippen LogP contribution is -2.33. The zero-order valence-corrected chi connectivity index (χ0v) is 19.1. The first-order valence-electron chi connectivity index (χ1n) is 9.19. The normalized spacial score (nSPS) is 13.4. The summed E-state index contributed by atoms with van der Waals surface area (Å²) in [6, 6.07) is 5.29. The van der Waals surface area contributed by atoms with Crippen molar-refractivity contribution in [3.05, 3.63) is 75.6 Å². The first kappa shape index (κ1) is 20.6. The minimum Gasteiger partial charge on any atom is -0.294 e. The van der Waals surface area contributed by atoms with Gasteiger partial charge >= 0.3 is 0 Å². The minimum absolute atomic E-state index is 0.0677. The van der Waals surface area contributed by atoms with Crippen LogP contribution < -0.4 is 20.3 Å². The van der Waals surface area contributed by atoms with E-state index >= 15 is 0 Å². The average Bonchev–Trinajstić information content (AvgIpc) is 3.39. The van der Waals surface area contributed by atoms with Gasteiger partial charge in [0.1, 0.15) is 4.66 Å². The standard InChI is InChI=1S/C21H19N3O3S3/c1-21(2,3)16(25)11-18-24(19(27)15(30-18)10-14-5-4-7-28-14)12-13-9-17(26)23-6-8-29-20(23)22-13/h4-11H,12H2,1-3H3. The molecule has 0 saturated carbocycles. The molecule has 0 aliphatic heterocycles. The molecule has 4 aromatic rings. The Bertz CT molecular complexity index is 1460. The summed E-state index contributed by atoms with van der Waals surface area (Å²) in [6.45, 7) is 5.65. The monoisotopic (exact) mass is 457 g/mol. The second-order valence-corrected chi connectivity index (χ2v) is 10.7. The molecular weight excluding hydrogens is 438 g/mol. The number of rotatable bonds is 4. The van der Waals surface area contributed by atoms with Gasteiger partial charge in [-0.1, -0.05) is 26.8 Å². The first-order chi connectivity index (χ1) is 14.2. The van der Waals surface area contributed by atoms with Gasteiger partial charge in [-0.15, -0.1) is 34.0 Å². The number of carbonyl (C=O) groups is 1. The zero-order chi connectivity index (χ0) is 21.5. The highest BCUT2D eigenvalue weighted by Gasteiger charge is 2.20. The summed E-state index contributed by atoms with van der Waals surface area (Å²) >= 11 is 4.17. The molecule has 30 heavy (non-hydrogen) atoms. The number of Topliss-reactive ketones (excluding diaryl/α,β-unsaturated/α-hetero) is 1. The van der Waals surface area contributed by atoms with E-state index in [4.69, 9.17) is 0 Å². The van der Waals surface area contributed by atoms with Crippen molar-refractivity contribution in [2.45, 2.75) is 27.3 Å². The summed E-state index contributed by atoms with van der Waals surface area (Å²) < 4.78 is 4.09. The van der Waals surface area contributed by atoms with Crippen LogP contribution in [-0.2, 0) is 11.3 Å². The maximum absolute atomic E-state index is 13.2. The van der Waals surface area contributed by atoms with Crippen LogP contribution in [0.1, 0.15) is 31.3 Å². The summed E-state index contributed by atoms with van der Waals surface area (Å²) in [6.07, 6.45) is 5.03. The van der Waals surface area contributed by atoms with Crippen molar-refractivity contribution in [1.29, 1.82) is 0 Å². The van der Waals surface area contributed by atoms with Crippen molar-refractivity contribution >= 4 is 56.9 Å². The maximum Gasteiger partial charge on any atom is 0.269 e. The van der Waals surface area contributed by atoms with E-state index in [1.165, 1.54) is 55.1 Å². The van der Waals surface area contributed by atoms with E-state index in [1.54, 1.807) is 11.6 Å². The number of hydrogen-bond acceptors (Lipinski definition) is 7. The largest absolute Gasteiger partial charge is 0.294 e. The Morgan fingerprint density at radius 1 is 1.20 bits per heavy atom. The van der Waals surface area contributed by atoms with Crippen molar-refractivity contribution in [3.8, 4) is 0 Å². The van der Waals surface area contributed by atoms with Gasteiger partial charge in [0.25, 0.3) is 11.1 Å². The van der Waals surface area contributed by atoms with E-state index in [0.29, 0.717) is 19.8 Å². The predicted octanol–water partition coefficient (Wildman–Crippen LogP) is 2.31. The molecule has 0 saturated heterocycles. The van der Waals surface area contributed by atoms with E-state index < -0.39 is 5.41 Å². The highest BCUT2D eigenvalue weighted by atomic mass is 32.1. The number of nitrogens with zero attached hydrogens (tertiary/aromatic N) is 3. The summed E-state index contributed by atoms with van der Waals surface area (Å²) in [5.41, 5.74) is -0.464. The fourth-order valence-electron chi connectivity index (χ4n) is 2.75. The van der Waals surface area contributed by atoms with Crippen LogP contribution >= 0.6 is 34.0 Å². The van der Waals surface area contributed by atoms with Crippen LogP contribution in [0.25, 0.3) is 17.1 Å². The Morgan fingerprint density at radius 2 is 2.00 bits per heavy atom. The third-order valence-corrected chi connectivity index (χ3v) is 7.06. The quantitative estimate of drug-likeness (QED) is 0.471. The van der Waals surface area contributed by atoms with Gasteiger partial charge in [-0.05, 0) is 17.5 Å². The molecule has 4 rings (SSSR count). The van der Waals surface area contributed by atoms with Gasteiger partial charge in [0.05, 0.1) is 16.8 Å². The molecule has 6 nitrogen and oxygen atoms in total. The molecule has 0 aromatic carbocycles. The van der Waals surface area contributed by atoms with E-state index in [9.17, 15) is 14.4 Å². The molecule has 0 amide bonds. The molecule has 0 N–H and O–H groups in total. The Morgan fingerprint density at radius 3 is 2.70 bits per heavy atom. The van der Waals surface area contributed by atoms with Crippen LogP contribution in [0.15, 0.2) is 44.7 Å². The Labute approximate surface area is 183 Å². The smallest absolute Gasteiger partial charge is 0.269 e. The number of aromatic nitrogens is 3. The van der Waals surface area contributed by atoms with Gasteiger partial charge in [0.2, 0.25) is 0 Å². The van der Waals surface area contributed by atoms with Crippen molar-refractivity contribution in [2.75, 3.05) is 0 Å². The third kappa shape index (κ3) is 4.14. The van der Waals surface area contributed by atoms with Gasteiger partial charge < -0.3 is 0 Å². The van der Waals surface area contributed by atoms with Gasteiger partial charge in [-0.3, -0.25) is 23.4 Å². The second kappa shape index (κ2) is 7.90. The molecule has 0 spiro atoms. The summed E-state index contributed by atoms with van der Waals surface area (Å²) in [4.78, 5) is 44.2. The molecular formula is C21H19N3O3S3. The highest BCUT2D eigenvalue weighted by molar-refractivity contribution is 7.15. The van der Waals surface area contributed by atoms with Crippen LogP contribution in [0.2, 0.25) is 0 Å². The van der Waals surface area contributed by atoms with Crippen molar-refractivity contribution in [3.63, 3.8) is 0 Å². The molecule has 0 bridgehead atoms. The van der Waals surface area contributed by atoms with E-state index in [-0.39, 0.29) is 23.4 Å². The van der Waals surface area contributed by atoms with Gasteiger partial charge in [0.15, 0.2) is 10.7 Å². The molecule has 0 atom stereocenters. The Kier molecular flexibility index (Phi) is 5.44. The molecule has 0 unspecified atom stereocenters. The van der Waals surface area contributed by atoms with Crippen LogP contribution in [-0.4, -0.2) is 19.7 Å². The van der Waals surface area contributed by atoms with E-state index in [1.807, 2.05) is 44.4 Å². The maximum atomic E-state index is 13.2. The lowest BCUT2D eigenvalue weighted by atomic mass is 9.91. The Balaban J connectivity index is 1.89. The molecule has 154 valence electrons. The second-order valence-electron chi connectivity index (χ2n) is 7.76. The SMILES string of the molecule is CC(C)(C)C(=O)C=c1sc(=Cc2cccs2)c(=O)n1Cc1cc(=O)n2ccsc2n1. The van der Waals surface area contributed by atoms with Crippen LogP contribution in [0.4, 0.5) is 0 Å². The number of fused-ring (bicyclic) bond motifs is 1. The van der Waals surface area contributed by atoms with E-state index in [2.05, 4.69) is 4.98 Å². The molecule has 9 heteroatoms. The zero-order valence-electron chi connectivity index (χ0n) is 16.6. The molecule has 0 fully saturated rings. The molecule has 4 heterocycles. The summed E-state index contributed by atoms with van der Waals surface area (Å²) in [5.74, 6) is -0.0677. The first-order valence-corrected chi connectivity index (χ1v) is 11.8.